The number of anilines is 1. The van der Waals surface area contributed by atoms with Crippen LogP contribution in [0.25, 0.3) is 0 Å². The highest BCUT2D eigenvalue weighted by molar-refractivity contribution is 9.10. The molecule has 94 valence electrons. The second-order valence-electron chi connectivity index (χ2n) is 4.06. The van der Waals surface area contributed by atoms with Gasteiger partial charge in [0.05, 0.1) is 5.69 Å². The fourth-order valence-electron chi connectivity index (χ4n) is 1.58. The van der Waals surface area contributed by atoms with Gasteiger partial charge in [-0.05, 0) is 42.3 Å². The van der Waals surface area contributed by atoms with Crippen molar-refractivity contribution in [3.63, 3.8) is 0 Å². The van der Waals surface area contributed by atoms with E-state index in [0.29, 0.717) is 12.2 Å². The third-order valence-electron chi connectivity index (χ3n) is 2.65. The topological polar surface area (TPSA) is 12.0 Å². The molecular formula is C14H12BrClFN. The minimum Gasteiger partial charge on any atom is -0.379 e. The average Bonchev–Trinajstić information content (AvgIpc) is 2.34. The zero-order valence-corrected chi connectivity index (χ0v) is 12.1. The van der Waals surface area contributed by atoms with Gasteiger partial charge in [0.15, 0.2) is 0 Å². The van der Waals surface area contributed by atoms with E-state index in [-0.39, 0.29) is 5.82 Å². The molecule has 0 fully saturated rings. The first kappa shape index (κ1) is 13.4. The molecule has 0 saturated carbocycles. The number of hydrogen-bond acceptors (Lipinski definition) is 1. The molecule has 18 heavy (non-hydrogen) atoms. The van der Waals surface area contributed by atoms with Crippen molar-refractivity contribution in [3.05, 3.63) is 62.8 Å². The normalized spacial score (nSPS) is 10.4. The molecule has 0 bridgehead atoms. The lowest BCUT2D eigenvalue weighted by Gasteiger charge is -2.09. The molecule has 0 unspecified atom stereocenters. The lowest BCUT2D eigenvalue weighted by atomic mass is 10.1. The number of benzene rings is 2. The van der Waals surface area contributed by atoms with Gasteiger partial charge in [0.2, 0.25) is 0 Å². The first-order valence-electron chi connectivity index (χ1n) is 5.50. The van der Waals surface area contributed by atoms with Gasteiger partial charge in [-0.2, -0.15) is 0 Å². The second-order valence-corrected chi connectivity index (χ2v) is 5.38. The van der Waals surface area contributed by atoms with Gasteiger partial charge < -0.3 is 5.32 Å². The molecule has 2 aromatic rings. The molecule has 0 aliphatic heterocycles. The summed E-state index contributed by atoms with van der Waals surface area (Å²) in [5, 5.41) is 3.78. The van der Waals surface area contributed by atoms with Crippen LogP contribution in [0.4, 0.5) is 10.1 Å². The summed E-state index contributed by atoms with van der Waals surface area (Å²) in [6.45, 7) is 2.49. The zero-order valence-electron chi connectivity index (χ0n) is 9.81. The standard InChI is InChI=1S/C14H12BrClFN/c1-9-2-3-10(6-12(9)16)8-18-14-7-11(15)4-5-13(14)17/h2-7,18H,8H2,1H3. The van der Waals surface area contributed by atoms with Crippen LogP contribution in [-0.4, -0.2) is 0 Å². The largest absolute Gasteiger partial charge is 0.379 e. The van der Waals surface area contributed by atoms with Gasteiger partial charge in [0, 0.05) is 16.0 Å². The predicted molar refractivity (Wildman–Crippen MR) is 77.6 cm³/mol. The van der Waals surface area contributed by atoms with E-state index >= 15 is 0 Å². The predicted octanol–water partition coefficient (Wildman–Crippen LogP) is 5.16. The third-order valence-corrected chi connectivity index (χ3v) is 3.55. The fourth-order valence-corrected chi connectivity index (χ4v) is 2.14. The van der Waals surface area contributed by atoms with Crippen LogP contribution >= 0.6 is 27.5 Å². The molecule has 0 aliphatic rings. The van der Waals surface area contributed by atoms with Crippen LogP contribution in [0, 0.1) is 12.7 Å². The molecule has 0 heterocycles. The minimum absolute atomic E-state index is 0.267. The molecule has 0 spiro atoms. The van der Waals surface area contributed by atoms with E-state index in [1.165, 1.54) is 6.07 Å². The van der Waals surface area contributed by atoms with Crippen molar-refractivity contribution < 1.29 is 4.39 Å². The Morgan fingerprint density at radius 1 is 1.22 bits per heavy atom. The smallest absolute Gasteiger partial charge is 0.146 e. The number of nitrogens with one attached hydrogen (secondary N) is 1. The van der Waals surface area contributed by atoms with Crippen LogP contribution in [-0.2, 0) is 6.54 Å². The maximum atomic E-state index is 13.5. The van der Waals surface area contributed by atoms with Gasteiger partial charge in [-0.1, -0.05) is 39.7 Å². The maximum Gasteiger partial charge on any atom is 0.146 e. The van der Waals surface area contributed by atoms with Crippen molar-refractivity contribution >= 4 is 33.2 Å². The summed E-state index contributed by atoms with van der Waals surface area (Å²) in [7, 11) is 0. The van der Waals surface area contributed by atoms with Gasteiger partial charge in [0.1, 0.15) is 5.82 Å². The molecule has 0 amide bonds. The Kier molecular flexibility index (Phi) is 4.25. The van der Waals surface area contributed by atoms with E-state index in [4.69, 9.17) is 11.6 Å². The third kappa shape index (κ3) is 3.24. The van der Waals surface area contributed by atoms with Crippen molar-refractivity contribution in [2.75, 3.05) is 5.32 Å². The Hall–Kier alpha value is -1.06. The Bertz CT molecular complexity index is 572. The van der Waals surface area contributed by atoms with Gasteiger partial charge >= 0.3 is 0 Å². The summed E-state index contributed by atoms with van der Waals surface area (Å²) in [6, 6.07) is 10.6. The molecule has 0 aliphatic carbocycles. The number of rotatable bonds is 3. The van der Waals surface area contributed by atoms with E-state index in [0.717, 1.165) is 20.6 Å². The molecule has 0 radical (unpaired) electrons. The highest BCUT2D eigenvalue weighted by Crippen LogP contribution is 2.22. The van der Waals surface area contributed by atoms with Crippen molar-refractivity contribution in [2.24, 2.45) is 0 Å². The number of aryl methyl sites for hydroxylation is 1. The van der Waals surface area contributed by atoms with Crippen LogP contribution in [0.2, 0.25) is 5.02 Å². The fraction of sp³-hybridized carbons (Fsp3) is 0.143. The lowest BCUT2D eigenvalue weighted by Crippen LogP contribution is -2.01. The zero-order chi connectivity index (χ0) is 13.1. The van der Waals surface area contributed by atoms with E-state index in [2.05, 4.69) is 21.2 Å². The van der Waals surface area contributed by atoms with Gasteiger partial charge in [-0.3, -0.25) is 0 Å². The van der Waals surface area contributed by atoms with Crippen LogP contribution in [0.1, 0.15) is 11.1 Å². The number of halogens is 3. The summed E-state index contributed by atoms with van der Waals surface area (Å²) in [4.78, 5) is 0. The minimum atomic E-state index is -0.267. The molecule has 1 nitrogen and oxygen atoms in total. The molecule has 2 rings (SSSR count). The highest BCUT2D eigenvalue weighted by Gasteiger charge is 2.03. The van der Waals surface area contributed by atoms with E-state index in [9.17, 15) is 4.39 Å². The summed E-state index contributed by atoms with van der Waals surface area (Å²) < 4.78 is 14.3. The van der Waals surface area contributed by atoms with Crippen LogP contribution < -0.4 is 5.32 Å². The summed E-state index contributed by atoms with van der Waals surface area (Å²) in [5.41, 5.74) is 2.53. The molecular weight excluding hydrogens is 317 g/mol. The molecule has 2 aromatic carbocycles. The molecule has 0 saturated heterocycles. The molecule has 4 heteroatoms. The monoisotopic (exact) mass is 327 g/mol. The van der Waals surface area contributed by atoms with Crippen LogP contribution in [0.5, 0.6) is 0 Å². The molecule has 0 atom stereocenters. The lowest BCUT2D eigenvalue weighted by molar-refractivity contribution is 0.630. The Balaban J connectivity index is 2.11. The summed E-state index contributed by atoms with van der Waals surface area (Å²) in [5.74, 6) is -0.267. The average molecular weight is 329 g/mol. The van der Waals surface area contributed by atoms with Crippen molar-refractivity contribution in [3.8, 4) is 0 Å². The SMILES string of the molecule is Cc1ccc(CNc2cc(Br)ccc2F)cc1Cl. The Morgan fingerprint density at radius 3 is 2.72 bits per heavy atom. The van der Waals surface area contributed by atoms with Crippen molar-refractivity contribution in [2.45, 2.75) is 13.5 Å². The molecule has 0 aromatic heterocycles. The first-order chi connectivity index (χ1) is 8.56. The van der Waals surface area contributed by atoms with Gasteiger partial charge in [-0.25, -0.2) is 4.39 Å². The van der Waals surface area contributed by atoms with E-state index in [1.54, 1.807) is 12.1 Å². The summed E-state index contributed by atoms with van der Waals surface area (Å²) in [6.07, 6.45) is 0. The molecule has 1 N–H and O–H groups in total. The maximum absolute atomic E-state index is 13.5. The number of hydrogen-bond donors (Lipinski definition) is 1. The van der Waals surface area contributed by atoms with Gasteiger partial charge in [-0.15, -0.1) is 0 Å². The highest BCUT2D eigenvalue weighted by atomic mass is 79.9. The van der Waals surface area contributed by atoms with Gasteiger partial charge in [0.25, 0.3) is 0 Å². The second kappa shape index (κ2) is 5.72. The van der Waals surface area contributed by atoms with E-state index < -0.39 is 0 Å². The summed E-state index contributed by atoms with van der Waals surface area (Å²) >= 11 is 9.36. The van der Waals surface area contributed by atoms with Crippen molar-refractivity contribution in [1.82, 2.24) is 0 Å². The van der Waals surface area contributed by atoms with Crippen molar-refractivity contribution in [1.29, 1.82) is 0 Å². The van der Waals surface area contributed by atoms with Crippen LogP contribution in [0.3, 0.4) is 0 Å². The Morgan fingerprint density at radius 2 is 2.00 bits per heavy atom. The quantitative estimate of drug-likeness (QED) is 0.820. The Labute approximate surface area is 119 Å². The van der Waals surface area contributed by atoms with E-state index in [1.807, 2.05) is 25.1 Å². The van der Waals surface area contributed by atoms with Crippen LogP contribution in [0.15, 0.2) is 40.9 Å². The first-order valence-corrected chi connectivity index (χ1v) is 6.67.